The summed E-state index contributed by atoms with van der Waals surface area (Å²) in [5.74, 6) is 1.35. The fourth-order valence-electron chi connectivity index (χ4n) is 2.58. The number of halogens is 1. The highest BCUT2D eigenvalue weighted by atomic mass is 79.9. The van der Waals surface area contributed by atoms with E-state index in [1.807, 2.05) is 0 Å². The standard InChI is InChI=1S/C14H17BrO/c15-10-14(16)13-8-6-12(7-9-13)11-4-2-1-3-5-11/h1-5,12-13H,6-10H2. The second kappa shape index (κ2) is 5.62. The lowest BCUT2D eigenvalue weighted by Gasteiger charge is -2.27. The minimum absolute atomic E-state index is 0.305. The van der Waals surface area contributed by atoms with Crippen molar-refractivity contribution < 1.29 is 4.79 Å². The van der Waals surface area contributed by atoms with Gasteiger partial charge < -0.3 is 0 Å². The number of hydrogen-bond acceptors (Lipinski definition) is 1. The van der Waals surface area contributed by atoms with Gasteiger partial charge in [-0.1, -0.05) is 46.3 Å². The van der Waals surface area contributed by atoms with Gasteiger partial charge >= 0.3 is 0 Å². The summed E-state index contributed by atoms with van der Waals surface area (Å²) in [6.07, 6.45) is 4.44. The Morgan fingerprint density at radius 1 is 1.12 bits per heavy atom. The van der Waals surface area contributed by atoms with Crippen LogP contribution in [0.3, 0.4) is 0 Å². The van der Waals surface area contributed by atoms with Gasteiger partial charge in [0.1, 0.15) is 5.78 Å². The van der Waals surface area contributed by atoms with Crippen molar-refractivity contribution in [1.82, 2.24) is 0 Å². The highest BCUT2D eigenvalue weighted by Gasteiger charge is 2.25. The summed E-state index contributed by atoms with van der Waals surface area (Å²) in [4.78, 5) is 11.6. The highest BCUT2D eigenvalue weighted by Crippen LogP contribution is 2.36. The Bertz CT molecular complexity index is 339. The van der Waals surface area contributed by atoms with Crippen molar-refractivity contribution in [2.75, 3.05) is 5.33 Å². The Hall–Kier alpha value is -0.630. The van der Waals surface area contributed by atoms with Gasteiger partial charge in [-0.05, 0) is 37.2 Å². The lowest BCUT2D eigenvalue weighted by Crippen LogP contribution is -2.21. The summed E-state index contributed by atoms with van der Waals surface area (Å²) in [5.41, 5.74) is 1.44. The predicted octanol–water partition coefficient (Wildman–Crippen LogP) is 3.92. The molecule has 86 valence electrons. The van der Waals surface area contributed by atoms with E-state index in [2.05, 4.69) is 46.3 Å². The third-order valence-electron chi connectivity index (χ3n) is 3.59. The smallest absolute Gasteiger partial charge is 0.146 e. The van der Waals surface area contributed by atoms with Crippen molar-refractivity contribution >= 4 is 21.7 Å². The third-order valence-corrected chi connectivity index (χ3v) is 4.14. The van der Waals surface area contributed by atoms with E-state index in [0.717, 1.165) is 25.7 Å². The van der Waals surface area contributed by atoms with Crippen LogP contribution in [0, 0.1) is 5.92 Å². The van der Waals surface area contributed by atoms with Gasteiger partial charge in [0.25, 0.3) is 0 Å². The number of hydrogen-bond donors (Lipinski definition) is 0. The Balaban J connectivity index is 1.93. The molecule has 1 aliphatic rings. The van der Waals surface area contributed by atoms with E-state index < -0.39 is 0 Å². The Labute approximate surface area is 105 Å². The molecule has 1 nitrogen and oxygen atoms in total. The van der Waals surface area contributed by atoms with Gasteiger partial charge in [0.2, 0.25) is 0 Å². The molecular weight excluding hydrogens is 264 g/mol. The van der Waals surface area contributed by atoms with Gasteiger partial charge in [0.15, 0.2) is 0 Å². The Morgan fingerprint density at radius 3 is 2.31 bits per heavy atom. The number of carbonyl (C=O) groups is 1. The molecule has 1 saturated carbocycles. The van der Waals surface area contributed by atoms with Gasteiger partial charge in [-0.2, -0.15) is 0 Å². The van der Waals surface area contributed by atoms with Gasteiger partial charge in [-0.25, -0.2) is 0 Å². The summed E-state index contributed by atoms with van der Waals surface area (Å²) in [5, 5.41) is 0.521. The number of carbonyl (C=O) groups excluding carboxylic acids is 1. The fourth-order valence-corrected chi connectivity index (χ4v) is 3.04. The monoisotopic (exact) mass is 280 g/mol. The first-order valence-electron chi connectivity index (χ1n) is 5.95. The minimum Gasteiger partial charge on any atom is -0.298 e. The zero-order valence-corrected chi connectivity index (χ0v) is 10.9. The van der Waals surface area contributed by atoms with Gasteiger partial charge in [-0.15, -0.1) is 0 Å². The quantitative estimate of drug-likeness (QED) is 0.767. The largest absolute Gasteiger partial charge is 0.298 e. The molecule has 16 heavy (non-hydrogen) atoms. The molecule has 0 aromatic heterocycles. The number of alkyl halides is 1. The van der Waals surface area contributed by atoms with Crippen LogP contribution in [0.4, 0.5) is 0 Å². The maximum atomic E-state index is 11.6. The van der Waals surface area contributed by atoms with Crippen LogP contribution in [0.5, 0.6) is 0 Å². The number of Topliss-reactive ketones (excluding diaryl/α,β-unsaturated/α-hetero) is 1. The summed E-state index contributed by atoms with van der Waals surface area (Å²) < 4.78 is 0. The molecule has 0 radical (unpaired) electrons. The lowest BCUT2D eigenvalue weighted by molar-refractivity contribution is -0.121. The summed E-state index contributed by atoms with van der Waals surface area (Å²) in [6, 6.07) is 10.7. The average Bonchev–Trinajstić information content (AvgIpc) is 2.39. The van der Waals surface area contributed by atoms with Crippen LogP contribution >= 0.6 is 15.9 Å². The highest BCUT2D eigenvalue weighted by molar-refractivity contribution is 9.09. The average molecular weight is 281 g/mol. The molecule has 1 aromatic rings. The zero-order chi connectivity index (χ0) is 11.4. The second-order valence-corrected chi connectivity index (χ2v) is 5.12. The summed E-state index contributed by atoms with van der Waals surface area (Å²) in [7, 11) is 0. The minimum atomic E-state index is 0.305. The molecule has 1 aromatic carbocycles. The first kappa shape index (κ1) is 11.8. The van der Waals surface area contributed by atoms with Gasteiger partial charge in [0.05, 0.1) is 5.33 Å². The topological polar surface area (TPSA) is 17.1 Å². The number of rotatable bonds is 3. The Morgan fingerprint density at radius 2 is 1.75 bits per heavy atom. The SMILES string of the molecule is O=C(CBr)C1CCC(c2ccccc2)CC1. The summed E-state index contributed by atoms with van der Waals surface area (Å²) >= 11 is 3.26. The van der Waals surface area contributed by atoms with Crippen LogP contribution in [0.1, 0.15) is 37.2 Å². The molecule has 0 saturated heterocycles. The molecule has 0 bridgehead atoms. The Kier molecular flexibility index (Phi) is 4.16. The molecule has 0 amide bonds. The lowest BCUT2D eigenvalue weighted by atomic mass is 9.77. The van der Waals surface area contributed by atoms with Crippen molar-refractivity contribution in [2.45, 2.75) is 31.6 Å². The predicted molar refractivity (Wildman–Crippen MR) is 69.9 cm³/mol. The van der Waals surface area contributed by atoms with Gasteiger partial charge in [0, 0.05) is 5.92 Å². The van der Waals surface area contributed by atoms with Crippen molar-refractivity contribution in [2.24, 2.45) is 5.92 Å². The number of ketones is 1. The molecule has 1 fully saturated rings. The molecule has 2 rings (SSSR count). The van der Waals surface area contributed by atoms with Crippen LogP contribution in [0.25, 0.3) is 0 Å². The molecule has 0 spiro atoms. The van der Waals surface area contributed by atoms with Crippen LogP contribution in [0.15, 0.2) is 30.3 Å². The summed E-state index contributed by atoms with van der Waals surface area (Å²) in [6.45, 7) is 0. The zero-order valence-electron chi connectivity index (χ0n) is 9.36. The van der Waals surface area contributed by atoms with E-state index in [0.29, 0.717) is 22.9 Å². The van der Waals surface area contributed by atoms with E-state index in [-0.39, 0.29) is 0 Å². The molecular formula is C14H17BrO. The maximum Gasteiger partial charge on any atom is 0.146 e. The normalized spacial score (nSPS) is 25.3. The van der Waals surface area contributed by atoms with E-state index in [1.165, 1.54) is 5.56 Å². The van der Waals surface area contributed by atoms with E-state index in [4.69, 9.17) is 0 Å². The van der Waals surface area contributed by atoms with Crippen LogP contribution < -0.4 is 0 Å². The molecule has 0 atom stereocenters. The van der Waals surface area contributed by atoms with Crippen LogP contribution in [-0.4, -0.2) is 11.1 Å². The first-order chi connectivity index (χ1) is 7.81. The van der Waals surface area contributed by atoms with Crippen molar-refractivity contribution in [3.8, 4) is 0 Å². The van der Waals surface area contributed by atoms with Crippen molar-refractivity contribution in [1.29, 1.82) is 0 Å². The van der Waals surface area contributed by atoms with Crippen molar-refractivity contribution in [3.05, 3.63) is 35.9 Å². The second-order valence-electron chi connectivity index (χ2n) is 4.56. The fraction of sp³-hybridized carbons (Fsp3) is 0.500. The van der Waals surface area contributed by atoms with Gasteiger partial charge in [-0.3, -0.25) is 4.79 Å². The van der Waals surface area contributed by atoms with Crippen LogP contribution in [-0.2, 0) is 4.79 Å². The molecule has 0 heterocycles. The number of benzene rings is 1. The van der Waals surface area contributed by atoms with Crippen molar-refractivity contribution in [3.63, 3.8) is 0 Å². The molecule has 0 N–H and O–H groups in total. The first-order valence-corrected chi connectivity index (χ1v) is 7.07. The van der Waals surface area contributed by atoms with E-state index >= 15 is 0 Å². The van der Waals surface area contributed by atoms with E-state index in [9.17, 15) is 4.79 Å². The third kappa shape index (κ3) is 2.73. The van der Waals surface area contributed by atoms with Crippen LogP contribution in [0.2, 0.25) is 0 Å². The molecule has 0 aliphatic heterocycles. The molecule has 1 aliphatic carbocycles. The maximum absolute atomic E-state index is 11.6. The van der Waals surface area contributed by atoms with E-state index in [1.54, 1.807) is 0 Å². The molecule has 0 unspecified atom stereocenters. The molecule has 2 heteroatoms.